The van der Waals surface area contributed by atoms with Crippen LogP contribution < -0.4 is 22.5 Å². The predicted molar refractivity (Wildman–Crippen MR) is 142 cm³/mol. The normalized spacial score (nSPS) is 23.5. The highest BCUT2D eigenvalue weighted by Crippen LogP contribution is 2.49. The monoisotopic (exact) mass is 523 g/mol. The van der Waals surface area contributed by atoms with E-state index in [9.17, 15) is 14.4 Å². The fraction of sp³-hybridized carbons (Fsp3) is 0.269. The molecule has 1 fully saturated rings. The molecule has 1 aliphatic carbocycles. The van der Waals surface area contributed by atoms with Crippen LogP contribution in [-0.2, 0) is 15.1 Å². The molecule has 8 nitrogen and oxygen atoms in total. The number of halogens is 1. The number of anilines is 1. The van der Waals surface area contributed by atoms with Gasteiger partial charge in [0, 0.05) is 40.8 Å². The van der Waals surface area contributed by atoms with Gasteiger partial charge in [0.25, 0.3) is 5.91 Å². The van der Waals surface area contributed by atoms with Crippen molar-refractivity contribution < 1.29 is 14.4 Å². The van der Waals surface area contributed by atoms with Crippen LogP contribution in [0.15, 0.2) is 49.1 Å². The Bertz CT molecular complexity index is 1440. The van der Waals surface area contributed by atoms with Crippen LogP contribution in [0, 0.1) is 0 Å². The maximum absolute atomic E-state index is 13.8. The molecule has 3 aromatic rings. The van der Waals surface area contributed by atoms with Crippen molar-refractivity contribution in [1.29, 1.82) is 0 Å². The van der Waals surface area contributed by atoms with E-state index >= 15 is 0 Å². The Morgan fingerprint density at radius 2 is 2.06 bits per heavy atom. The highest BCUT2D eigenvalue weighted by molar-refractivity contribution is 7.21. The van der Waals surface area contributed by atoms with Crippen molar-refractivity contribution in [3.8, 4) is 0 Å². The van der Waals surface area contributed by atoms with Gasteiger partial charge in [-0.15, -0.1) is 11.3 Å². The van der Waals surface area contributed by atoms with Crippen LogP contribution in [0.3, 0.4) is 0 Å². The zero-order chi connectivity index (χ0) is 25.8. The number of amides is 2. The molecule has 36 heavy (non-hydrogen) atoms. The number of hydrogen-bond acceptors (Lipinski definition) is 7. The fourth-order valence-corrected chi connectivity index (χ4v) is 6.65. The van der Waals surface area contributed by atoms with Gasteiger partial charge in [0.05, 0.1) is 15.6 Å². The van der Waals surface area contributed by atoms with Crippen LogP contribution in [0.5, 0.6) is 0 Å². The summed E-state index contributed by atoms with van der Waals surface area (Å²) in [5.74, 6) is -0.961. The van der Waals surface area contributed by atoms with Gasteiger partial charge in [-0.25, -0.2) is 0 Å². The van der Waals surface area contributed by atoms with Crippen molar-refractivity contribution in [2.75, 3.05) is 18.8 Å². The SMILES string of the molecule is C=CC(=O)N1CCCC(NC(=O)c2sc3c(N)ccc4c3c2C(N)C(=O)C4(N)c2cccc(Cl)c2)C1. The average Bonchev–Trinajstić information content (AvgIpc) is 3.28. The van der Waals surface area contributed by atoms with Crippen molar-refractivity contribution >= 4 is 56.3 Å². The van der Waals surface area contributed by atoms with E-state index in [2.05, 4.69) is 11.9 Å². The van der Waals surface area contributed by atoms with Crippen LogP contribution in [0.25, 0.3) is 10.1 Å². The molecule has 2 aromatic carbocycles. The van der Waals surface area contributed by atoms with Crippen molar-refractivity contribution in [1.82, 2.24) is 10.2 Å². The van der Waals surface area contributed by atoms with Crippen LogP contribution in [0.1, 0.15) is 45.2 Å². The number of thiophene rings is 1. The largest absolute Gasteiger partial charge is 0.398 e. The standard InChI is InChI=1S/C26H26ClN5O3S/c1-2-18(33)32-10-4-7-15(12-32)31-25(35)23-20-19-16(8-9-17(28)22(19)36-23)26(30,24(34)21(20)29)13-5-3-6-14(27)11-13/h2-3,5-6,8-9,11,15,21H,1,4,7,10,12,28-30H2,(H,31,35). The van der Waals surface area contributed by atoms with Crippen LogP contribution >= 0.6 is 22.9 Å². The first kappa shape index (κ1) is 24.5. The van der Waals surface area contributed by atoms with Gasteiger partial charge in [0.15, 0.2) is 5.78 Å². The second-order valence-electron chi connectivity index (χ2n) is 9.21. The molecule has 10 heteroatoms. The van der Waals surface area contributed by atoms with Crippen molar-refractivity contribution in [2.24, 2.45) is 11.5 Å². The molecule has 5 rings (SSSR count). The Morgan fingerprint density at radius 3 is 2.78 bits per heavy atom. The van der Waals surface area contributed by atoms with E-state index in [0.717, 1.165) is 12.8 Å². The lowest BCUT2D eigenvalue weighted by molar-refractivity contribution is -0.127. The second kappa shape index (κ2) is 9.01. The number of nitrogens with two attached hydrogens (primary N) is 3. The third-order valence-electron chi connectivity index (χ3n) is 7.04. The summed E-state index contributed by atoms with van der Waals surface area (Å²) in [6.07, 6.45) is 2.76. The molecule has 186 valence electrons. The first-order valence-corrected chi connectivity index (χ1v) is 12.8. The van der Waals surface area contributed by atoms with Crippen molar-refractivity contribution in [2.45, 2.75) is 30.5 Å². The molecule has 0 bridgehead atoms. The van der Waals surface area contributed by atoms with Crippen LogP contribution in [0.2, 0.25) is 5.02 Å². The summed E-state index contributed by atoms with van der Waals surface area (Å²) in [5.41, 5.74) is 20.0. The molecule has 3 unspecified atom stereocenters. The van der Waals surface area contributed by atoms with Crippen molar-refractivity contribution in [3.63, 3.8) is 0 Å². The van der Waals surface area contributed by atoms with Gasteiger partial charge in [-0.3, -0.25) is 14.4 Å². The summed E-state index contributed by atoms with van der Waals surface area (Å²) in [4.78, 5) is 41.3. The lowest BCUT2D eigenvalue weighted by Crippen LogP contribution is -2.53. The Labute approximate surface area is 217 Å². The number of nitrogen functional groups attached to an aromatic ring is 1. The van der Waals surface area contributed by atoms with Gasteiger partial charge in [0.1, 0.15) is 5.54 Å². The highest BCUT2D eigenvalue weighted by Gasteiger charge is 2.48. The third kappa shape index (κ3) is 3.70. The molecular weight excluding hydrogens is 498 g/mol. The summed E-state index contributed by atoms with van der Waals surface area (Å²) in [7, 11) is 0. The lowest BCUT2D eigenvalue weighted by Gasteiger charge is -2.36. The first-order valence-electron chi connectivity index (χ1n) is 11.6. The molecule has 0 saturated carbocycles. The van der Waals surface area contributed by atoms with Crippen LogP contribution in [-0.4, -0.2) is 41.6 Å². The summed E-state index contributed by atoms with van der Waals surface area (Å²) in [5, 5.41) is 4.10. The maximum Gasteiger partial charge on any atom is 0.262 e. The number of likely N-dealkylation sites (tertiary alicyclic amines) is 1. The lowest BCUT2D eigenvalue weighted by atomic mass is 9.70. The van der Waals surface area contributed by atoms with E-state index in [1.807, 2.05) is 0 Å². The van der Waals surface area contributed by atoms with Gasteiger partial charge < -0.3 is 27.4 Å². The molecule has 1 saturated heterocycles. The Morgan fingerprint density at radius 1 is 1.28 bits per heavy atom. The van der Waals surface area contributed by atoms with E-state index in [4.69, 9.17) is 28.8 Å². The van der Waals surface area contributed by atoms with Gasteiger partial charge in [-0.2, -0.15) is 0 Å². The molecular formula is C26H26ClN5O3S. The number of hydrogen-bond donors (Lipinski definition) is 4. The highest BCUT2D eigenvalue weighted by atomic mass is 35.5. The Kier molecular flexibility index (Phi) is 6.12. The van der Waals surface area contributed by atoms with E-state index in [1.165, 1.54) is 17.4 Å². The number of ketones is 1. The van der Waals surface area contributed by atoms with Gasteiger partial charge in [0.2, 0.25) is 5.91 Å². The summed E-state index contributed by atoms with van der Waals surface area (Å²) in [6, 6.07) is 8.86. The Balaban J connectivity index is 1.59. The number of carbonyl (C=O) groups is 3. The molecule has 2 heterocycles. The number of piperidine rings is 1. The summed E-state index contributed by atoms with van der Waals surface area (Å²) >= 11 is 7.41. The molecule has 0 radical (unpaired) electrons. The number of rotatable bonds is 4. The molecule has 3 atom stereocenters. The smallest absolute Gasteiger partial charge is 0.262 e. The minimum atomic E-state index is -1.55. The average molecular weight is 524 g/mol. The van der Waals surface area contributed by atoms with E-state index in [1.54, 1.807) is 41.3 Å². The van der Waals surface area contributed by atoms with Gasteiger partial charge in [-0.05, 0) is 48.2 Å². The maximum atomic E-state index is 13.8. The van der Waals surface area contributed by atoms with E-state index in [-0.39, 0.29) is 17.9 Å². The number of nitrogens with one attached hydrogen (secondary N) is 1. The molecule has 7 N–H and O–H groups in total. The number of Topliss-reactive ketones (excluding diaryl/α,β-unsaturated/α-hetero) is 1. The molecule has 1 aromatic heterocycles. The van der Waals surface area contributed by atoms with Gasteiger partial charge >= 0.3 is 0 Å². The third-order valence-corrected chi connectivity index (χ3v) is 8.53. The predicted octanol–water partition coefficient (Wildman–Crippen LogP) is 2.83. The molecule has 1 aliphatic heterocycles. The van der Waals surface area contributed by atoms with Crippen molar-refractivity contribution in [3.05, 3.63) is 75.6 Å². The second-order valence-corrected chi connectivity index (χ2v) is 10.7. The fourth-order valence-electron chi connectivity index (χ4n) is 5.26. The molecule has 2 aliphatic rings. The summed E-state index contributed by atoms with van der Waals surface area (Å²) < 4.78 is 0.652. The van der Waals surface area contributed by atoms with E-state index < -0.39 is 17.4 Å². The minimum absolute atomic E-state index is 0.170. The zero-order valence-electron chi connectivity index (χ0n) is 19.4. The zero-order valence-corrected chi connectivity index (χ0v) is 21.0. The first-order chi connectivity index (χ1) is 17.2. The topological polar surface area (TPSA) is 145 Å². The molecule has 2 amide bonds. The van der Waals surface area contributed by atoms with Crippen LogP contribution in [0.4, 0.5) is 5.69 Å². The van der Waals surface area contributed by atoms with E-state index in [0.29, 0.717) is 55.5 Å². The quantitative estimate of drug-likeness (QED) is 0.305. The number of carbonyl (C=O) groups excluding carboxylic acids is 3. The molecule has 0 spiro atoms. The van der Waals surface area contributed by atoms with Gasteiger partial charge in [-0.1, -0.05) is 36.4 Å². The summed E-state index contributed by atoms with van der Waals surface area (Å²) in [6.45, 7) is 4.54. The Hall–Kier alpha value is -3.24. The number of benzene rings is 2. The number of nitrogens with zero attached hydrogens (tertiary/aromatic N) is 1. The minimum Gasteiger partial charge on any atom is -0.398 e.